The highest BCUT2D eigenvalue weighted by Gasteiger charge is 2.12. The molecule has 0 fully saturated rings. The summed E-state index contributed by atoms with van der Waals surface area (Å²) in [6.45, 7) is 0. The van der Waals surface area contributed by atoms with Crippen LogP contribution in [0.15, 0.2) is 60.7 Å². The standard InChI is InChI=1S/C28H22N2S3/c1-29(2)21-11-5-19(6-12-21)9-15-23-17-25-27(31-23)28-26(33-25)18-24(32-28)16-10-20-7-13-22(14-8-20)30(3)4/h5-8,11-14,17-18H,1-4H3. The molecule has 2 nitrogen and oxygen atoms in total. The molecule has 0 atom stereocenters. The van der Waals surface area contributed by atoms with Gasteiger partial charge in [-0.15, -0.1) is 34.0 Å². The second kappa shape index (κ2) is 8.96. The predicted molar refractivity (Wildman–Crippen MR) is 149 cm³/mol. The summed E-state index contributed by atoms with van der Waals surface area (Å²) in [5.74, 6) is 13.3. The lowest BCUT2D eigenvalue weighted by molar-refractivity contribution is 1.13. The zero-order valence-corrected chi connectivity index (χ0v) is 21.3. The molecule has 0 amide bonds. The normalized spacial score (nSPS) is 10.5. The van der Waals surface area contributed by atoms with Crippen molar-refractivity contribution in [2.75, 3.05) is 38.0 Å². The maximum Gasteiger partial charge on any atom is 0.0793 e. The number of nitrogens with zero attached hydrogens (tertiary/aromatic N) is 2. The van der Waals surface area contributed by atoms with Crippen LogP contribution in [-0.2, 0) is 0 Å². The van der Waals surface area contributed by atoms with E-state index < -0.39 is 0 Å². The molecule has 5 rings (SSSR count). The van der Waals surface area contributed by atoms with Crippen molar-refractivity contribution in [1.29, 1.82) is 0 Å². The summed E-state index contributed by atoms with van der Waals surface area (Å²) in [6.07, 6.45) is 0. The zero-order chi connectivity index (χ0) is 22.9. The fraction of sp³-hybridized carbons (Fsp3) is 0.143. The number of hydrogen-bond donors (Lipinski definition) is 0. The summed E-state index contributed by atoms with van der Waals surface area (Å²) in [4.78, 5) is 6.40. The molecule has 3 heterocycles. The summed E-state index contributed by atoms with van der Waals surface area (Å²) >= 11 is 5.39. The molecule has 3 aromatic heterocycles. The highest BCUT2D eigenvalue weighted by molar-refractivity contribution is 7.38. The van der Waals surface area contributed by atoms with Crippen LogP contribution in [0.1, 0.15) is 20.9 Å². The number of anilines is 2. The van der Waals surface area contributed by atoms with Gasteiger partial charge in [0.05, 0.1) is 19.2 Å². The second-order valence-electron chi connectivity index (χ2n) is 8.09. The molecule has 0 saturated heterocycles. The Bertz CT molecular complexity index is 1440. The summed E-state index contributed by atoms with van der Waals surface area (Å²) in [5, 5.41) is 0. The van der Waals surface area contributed by atoms with E-state index in [0.29, 0.717) is 0 Å². The first-order valence-corrected chi connectivity index (χ1v) is 13.0. The van der Waals surface area contributed by atoms with Gasteiger partial charge in [0.1, 0.15) is 0 Å². The molecule has 33 heavy (non-hydrogen) atoms. The maximum atomic E-state index is 3.35. The van der Waals surface area contributed by atoms with Gasteiger partial charge in [0.15, 0.2) is 0 Å². The molecule has 0 saturated carbocycles. The van der Waals surface area contributed by atoms with Crippen LogP contribution < -0.4 is 9.80 Å². The minimum Gasteiger partial charge on any atom is -0.378 e. The van der Waals surface area contributed by atoms with Crippen LogP contribution in [0.25, 0.3) is 18.8 Å². The van der Waals surface area contributed by atoms with Crippen LogP contribution >= 0.6 is 34.0 Å². The van der Waals surface area contributed by atoms with Crippen molar-refractivity contribution < 1.29 is 0 Å². The molecule has 5 heteroatoms. The number of fused-ring (bicyclic) bond motifs is 3. The van der Waals surface area contributed by atoms with Gasteiger partial charge in [0, 0.05) is 60.1 Å². The predicted octanol–water partition coefficient (Wildman–Crippen LogP) is 7.11. The molecule has 0 spiro atoms. The van der Waals surface area contributed by atoms with Crippen LogP contribution in [0.3, 0.4) is 0 Å². The van der Waals surface area contributed by atoms with Gasteiger partial charge in [-0.25, -0.2) is 0 Å². The van der Waals surface area contributed by atoms with Crippen molar-refractivity contribution in [2.24, 2.45) is 0 Å². The Balaban J connectivity index is 1.38. The van der Waals surface area contributed by atoms with Crippen LogP contribution in [0.4, 0.5) is 11.4 Å². The van der Waals surface area contributed by atoms with Gasteiger partial charge >= 0.3 is 0 Å². The fourth-order valence-electron chi connectivity index (χ4n) is 3.41. The molecule has 0 bridgehead atoms. The third-order valence-corrected chi connectivity index (χ3v) is 8.86. The Labute approximate surface area is 206 Å². The molecule has 0 N–H and O–H groups in total. The van der Waals surface area contributed by atoms with E-state index in [1.807, 2.05) is 39.5 Å². The van der Waals surface area contributed by atoms with E-state index >= 15 is 0 Å². The first-order chi connectivity index (χ1) is 16.0. The van der Waals surface area contributed by atoms with Crippen molar-refractivity contribution >= 4 is 64.2 Å². The lowest BCUT2D eigenvalue weighted by Crippen LogP contribution is -2.07. The molecule has 0 aliphatic heterocycles. The Morgan fingerprint density at radius 2 is 0.909 bits per heavy atom. The topological polar surface area (TPSA) is 6.48 Å². The molecular formula is C28H22N2S3. The van der Waals surface area contributed by atoms with Crippen LogP contribution in [0.2, 0.25) is 0 Å². The van der Waals surface area contributed by atoms with Crippen molar-refractivity contribution in [3.63, 3.8) is 0 Å². The molecular weight excluding hydrogens is 461 g/mol. The van der Waals surface area contributed by atoms with Crippen molar-refractivity contribution in [2.45, 2.75) is 0 Å². The van der Waals surface area contributed by atoms with Crippen LogP contribution in [0, 0.1) is 23.7 Å². The Kier molecular flexibility index (Phi) is 5.87. The van der Waals surface area contributed by atoms with E-state index in [9.17, 15) is 0 Å². The highest BCUT2D eigenvalue weighted by atomic mass is 32.1. The smallest absolute Gasteiger partial charge is 0.0793 e. The first-order valence-electron chi connectivity index (χ1n) is 10.5. The third-order valence-electron chi connectivity index (χ3n) is 5.25. The number of thiophene rings is 3. The Morgan fingerprint density at radius 3 is 1.27 bits per heavy atom. The van der Waals surface area contributed by atoms with Crippen molar-refractivity contribution in [1.82, 2.24) is 0 Å². The minimum absolute atomic E-state index is 1.04. The lowest BCUT2D eigenvalue weighted by Gasteiger charge is -2.11. The summed E-state index contributed by atoms with van der Waals surface area (Å²) in [7, 11) is 8.18. The van der Waals surface area contributed by atoms with Gasteiger partial charge in [-0.1, -0.05) is 23.7 Å². The minimum atomic E-state index is 1.04. The molecule has 5 aromatic rings. The van der Waals surface area contributed by atoms with Crippen molar-refractivity contribution in [3.8, 4) is 23.7 Å². The molecule has 0 radical (unpaired) electrons. The average molecular weight is 483 g/mol. The Hall–Kier alpha value is -3.22. The lowest BCUT2D eigenvalue weighted by atomic mass is 10.2. The van der Waals surface area contributed by atoms with Gasteiger partial charge in [0.2, 0.25) is 0 Å². The quantitative estimate of drug-likeness (QED) is 0.247. The Morgan fingerprint density at radius 1 is 0.515 bits per heavy atom. The van der Waals surface area contributed by atoms with E-state index in [-0.39, 0.29) is 0 Å². The molecule has 162 valence electrons. The number of hydrogen-bond acceptors (Lipinski definition) is 5. The highest BCUT2D eigenvalue weighted by Crippen LogP contribution is 2.43. The van der Waals surface area contributed by atoms with E-state index in [2.05, 4.69) is 94.1 Å². The molecule has 0 aliphatic rings. The van der Waals surface area contributed by atoms with Gasteiger partial charge in [-0.05, 0) is 60.7 Å². The SMILES string of the molecule is CN(C)c1ccc(C#Cc2cc3sc4cc(C#Cc5ccc(N(C)C)cc5)sc4c3s2)cc1. The van der Waals surface area contributed by atoms with Gasteiger partial charge in [-0.2, -0.15) is 0 Å². The summed E-state index contributed by atoms with van der Waals surface area (Å²) in [5.41, 5.74) is 4.44. The monoisotopic (exact) mass is 482 g/mol. The fourth-order valence-corrected chi connectivity index (χ4v) is 7.14. The molecule has 0 unspecified atom stereocenters. The van der Waals surface area contributed by atoms with Gasteiger partial charge in [0.25, 0.3) is 0 Å². The summed E-state index contributed by atoms with van der Waals surface area (Å²) < 4.78 is 5.28. The van der Waals surface area contributed by atoms with Gasteiger partial charge in [-0.3, -0.25) is 0 Å². The second-order valence-corrected chi connectivity index (χ2v) is 11.3. The third kappa shape index (κ3) is 4.63. The van der Waals surface area contributed by atoms with Gasteiger partial charge < -0.3 is 9.80 Å². The van der Waals surface area contributed by atoms with Crippen LogP contribution in [-0.4, -0.2) is 28.2 Å². The van der Waals surface area contributed by atoms with Crippen molar-refractivity contribution in [3.05, 3.63) is 81.5 Å². The molecule has 2 aromatic carbocycles. The summed E-state index contributed by atoms with van der Waals surface area (Å²) in [6, 6.07) is 21.2. The van der Waals surface area contributed by atoms with E-state index in [4.69, 9.17) is 0 Å². The zero-order valence-electron chi connectivity index (χ0n) is 18.9. The first kappa shape index (κ1) is 21.6. The average Bonchev–Trinajstić information content (AvgIpc) is 3.47. The van der Waals surface area contributed by atoms with E-state index in [1.165, 1.54) is 30.2 Å². The maximum absolute atomic E-state index is 3.35. The largest absolute Gasteiger partial charge is 0.378 e. The number of rotatable bonds is 2. The van der Waals surface area contributed by atoms with E-state index in [0.717, 1.165) is 20.9 Å². The van der Waals surface area contributed by atoms with Crippen LogP contribution in [0.5, 0.6) is 0 Å². The molecule has 0 aliphatic carbocycles. The number of benzene rings is 2. The van der Waals surface area contributed by atoms with E-state index in [1.54, 1.807) is 22.7 Å².